The number of rotatable bonds is 8. The van der Waals surface area contributed by atoms with E-state index >= 15 is 0 Å². The molecule has 0 aromatic carbocycles. The molecule has 0 fully saturated rings. The summed E-state index contributed by atoms with van der Waals surface area (Å²) in [7, 11) is 0. The average Bonchev–Trinajstić information content (AvgIpc) is 2.35. The van der Waals surface area contributed by atoms with Gasteiger partial charge in [0.1, 0.15) is 0 Å². The minimum atomic E-state index is -0.698. The first-order valence-electron chi connectivity index (χ1n) is 7.21. The van der Waals surface area contributed by atoms with Gasteiger partial charge in [-0.25, -0.2) is 0 Å². The highest BCUT2D eigenvalue weighted by Gasteiger charge is 2.29. The molecule has 0 bridgehead atoms. The Morgan fingerprint density at radius 3 is 2.61 bits per heavy atom. The molecule has 1 aromatic rings. The van der Waals surface area contributed by atoms with Crippen LogP contribution in [0, 0.1) is 5.92 Å². The summed E-state index contributed by atoms with van der Waals surface area (Å²) in [6.07, 6.45) is 10.0. The van der Waals surface area contributed by atoms with E-state index in [9.17, 15) is 5.11 Å². The number of hydrogen-bond acceptors (Lipinski definition) is 2. The molecule has 0 amide bonds. The van der Waals surface area contributed by atoms with Crippen molar-refractivity contribution in [2.75, 3.05) is 0 Å². The lowest BCUT2D eigenvalue weighted by Crippen LogP contribution is -2.27. The van der Waals surface area contributed by atoms with Crippen molar-refractivity contribution >= 4 is 0 Å². The predicted molar refractivity (Wildman–Crippen MR) is 76.3 cm³/mol. The standard InChI is InChI=1S/C16H27NO/c1-4-5-6-7-10-16(18,12-14(2)3)15-9-8-11-17-13-15/h8-9,11,13-14,18H,4-7,10,12H2,1-3H3. The summed E-state index contributed by atoms with van der Waals surface area (Å²) in [5.41, 5.74) is 0.270. The zero-order valence-electron chi connectivity index (χ0n) is 12.0. The normalized spacial score (nSPS) is 14.7. The van der Waals surface area contributed by atoms with Crippen LogP contribution in [0.3, 0.4) is 0 Å². The van der Waals surface area contributed by atoms with Crippen molar-refractivity contribution < 1.29 is 5.11 Å². The molecule has 2 nitrogen and oxygen atoms in total. The van der Waals surface area contributed by atoms with Gasteiger partial charge in [0, 0.05) is 18.0 Å². The van der Waals surface area contributed by atoms with Crippen LogP contribution < -0.4 is 0 Å². The molecule has 0 aliphatic heterocycles. The van der Waals surface area contributed by atoms with Crippen molar-refractivity contribution in [2.45, 2.75) is 64.9 Å². The van der Waals surface area contributed by atoms with E-state index in [1.54, 1.807) is 6.20 Å². The van der Waals surface area contributed by atoms with Crippen LogP contribution in [0.5, 0.6) is 0 Å². The topological polar surface area (TPSA) is 33.1 Å². The molecule has 0 spiro atoms. The van der Waals surface area contributed by atoms with Gasteiger partial charge >= 0.3 is 0 Å². The van der Waals surface area contributed by atoms with Crippen LogP contribution in [0.2, 0.25) is 0 Å². The molecule has 0 aliphatic carbocycles. The quantitative estimate of drug-likeness (QED) is 0.697. The summed E-state index contributed by atoms with van der Waals surface area (Å²) < 4.78 is 0. The fourth-order valence-electron chi connectivity index (χ4n) is 2.52. The van der Waals surface area contributed by atoms with Gasteiger partial charge in [-0.3, -0.25) is 4.98 Å². The molecule has 1 heterocycles. The van der Waals surface area contributed by atoms with Crippen LogP contribution in [-0.2, 0) is 5.60 Å². The lowest BCUT2D eigenvalue weighted by atomic mass is 9.82. The van der Waals surface area contributed by atoms with Crippen LogP contribution in [-0.4, -0.2) is 10.1 Å². The van der Waals surface area contributed by atoms with Crippen molar-refractivity contribution in [2.24, 2.45) is 5.92 Å². The summed E-state index contributed by atoms with van der Waals surface area (Å²) in [6, 6.07) is 3.90. The molecule has 0 saturated carbocycles. The molecule has 0 aliphatic rings. The second kappa shape index (κ2) is 7.52. The molecule has 0 saturated heterocycles. The van der Waals surface area contributed by atoms with E-state index in [1.165, 1.54) is 19.3 Å². The third-order valence-corrected chi connectivity index (χ3v) is 3.39. The van der Waals surface area contributed by atoms with Gasteiger partial charge in [0.15, 0.2) is 0 Å². The summed E-state index contributed by atoms with van der Waals surface area (Å²) >= 11 is 0. The zero-order valence-corrected chi connectivity index (χ0v) is 12.0. The van der Waals surface area contributed by atoms with Gasteiger partial charge in [0.25, 0.3) is 0 Å². The summed E-state index contributed by atoms with van der Waals surface area (Å²) in [5.74, 6) is 0.487. The van der Waals surface area contributed by atoms with Crippen molar-refractivity contribution in [3.05, 3.63) is 30.1 Å². The van der Waals surface area contributed by atoms with Crippen molar-refractivity contribution in [3.63, 3.8) is 0 Å². The highest BCUT2D eigenvalue weighted by molar-refractivity contribution is 5.18. The maximum absolute atomic E-state index is 10.9. The van der Waals surface area contributed by atoms with Gasteiger partial charge in [-0.1, -0.05) is 52.5 Å². The molecular formula is C16H27NO. The van der Waals surface area contributed by atoms with E-state index in [2.05, 4.69) is 25.8 Å². The van der Waals surface area contributed by atoms with E-state index in [1.807, 2.05) is 18.3 Å². The van der Waals surface area contributed by atoms with Gasteiger partial charge in [-0.2, -0.15) is 0 Å². The van der Waals surface area contributed by atoms with Crippen LogP contribution in [0.25, 0.3) is 0 Å². The Labute approximate surface area is 111 Å². The van der Waals surface area contributed by atoms with E-state index in [4.69, 9.17) is 0 Å². The van der Waals surface area contributed by atoms with Gasteiger partial charge in [0.05, 0.1) is 5.60 Å². The highest BCUT2D eigenvalue weighted by atomic mass is 16.3. The molecular weight excluding hydrogens is 222 g/mol. The van der Waals surface area contributed by atoms with E-state index in [-0.39, 0.29) is 0 Å². The van der Waals surface area contributed by atoms with Crippen molar-refractivity contribution in [3.8, 4) is 0 Å². The second-order valence-electron chi connectivity index (χ2n) is 5.68. The molecule has 0 radical (unpaired) electrons. The minimum absolute atomic E-state index is 0.487. The van der Waals surface area contributed by atoms with Crippen LogP contribution in [0.15, 0.2) is 24.5 Å². The largest absolute Gasteiger partial charge is 0.385 e. The Kier molecular flexibility index (Phi) is 6.34. The number of hydrogen-bond donors (Lipinski definition) is 1. The SMILES string of the molecule is CCCCCCC(O)(CC(C)C)c1cccnc1. The Morgan fingerprint density at radius 1 is 1.28 bits per heavy atom. The first kappa shape index (κ1) is 15.2. The minimum Gasteiger partial charge on any atom is -0.385 e. The zero-order chi connectivity index (χ0) is 13.4. The Hall–Kier alpha value is -0.890. The molecule has 1 atom stereocenters. The monoisotopic (exact) mass is 249 g/mol. The lowest BCUT2D eigenvalue weighted by molar-refractivity contribution is 0.00391. The van der Waals surface area contributed by atoms with E-state index < -0.39 is 5.60 Å². The predicted octanol–water partition coefficient (Wildman–Crippen LogP) is 4.29. The maximum Gasteiger partial charge on any atom is 0.0913 e. The number of pyridine rings is 1. The Morgan fingerprint density at radius 2 is 2.06 bits per heavy atom. The first-order valence-corrected chi connectivity index (χ1v) is 7.21. The average molecular weight is 249 g/mol. The maximum atomic E-state index is 10.9. The molecule has 2 heteroatoms. The summed E-state index contributed by atoms with van der Waals surface area (Å²) in [5, 5.41) is 10.9. The highest BCUT2D eigenvalue weighted by Crippen LogP contribution is 2.33. The van der Waals surface area contributed by atoms with Crippen LogP contribution in [0.1, 0.15) is 64.9 Å². The third-order valence-electron chi connectivity index (χ3n) is 3.39. The number of nitrogens with zero attached hydrogens (tertiary/aromatic N) is 1. The van der Waals surface area contributed by atoms with Gasteiger partial charge in [0.2, 0.25) is 0 Å². The van der Waals surface area contributed by atoms with E-state index in [0.717, 1.165) is 24.8 Å². The fraction of sp³-hybridized carbons (Fsp3) is 0.688. The molecule has 1 unspecified atom stereocenters. The lowest BCUT2D eigenvalue weighted by Gasteiger charge is -2.30. The molecule has 18 heavy (non-hydrogen) atoms. The molecule has 102 valence electrons. The fourth-order valence-corrected chi connectivity index (χ4v) is 2.52. The summed E-state index contributed by atoms with van der Waals surface area (Å²) in [4.78, 5) is 4.14. The second-order valence-corrected chi connectivity index (χ2v) is 5.68. The molecule has 1 aromatic heterocycles. The van der Waals surface area contributed by atoms with Crippen molar-refractivity contribution in [1.29, 1.82) is 0 Å². The number of aliphatic hydroxyl groups is 1. The third kappa shape index (κ3) is 4.77. The summed E-state index contributed by atoms with van der Waals surface area (Å²) in [6.45, 7) is 6.53. The van der Waals surface area contributed by atoms with Crippen molar-refractivity contribution in [1.82, 2.24) is 4.98 Å². The van der Waals surface area contributed by atoms with Gasteiger partial charge in [-0.15, -0.1) is 0 Å². The number of aromatic nitrogens is 1. The van der Waals surface area contributed by atoms with Crippen LogP contribution >= 0.6 is 0 Å². The number of unbranched alkanes of at least 4 members (excludes halogenated alkanes) is 3. The van der Waals surface area contributed by atoms with E-state index in [0.29, 0.717) is 5.92 Å². The first-order chi connectivity index (χ1) is 8.58. The smallest absolute Gasteiger partial charge is 0.0913 e. The van der Waals surface area contributed by atoms with Crippen LogP contribution in [0.4, 0.5) is 0 Å². The molecule has 1 rings (SSSR count). The van der Waals surface area contributed by atoms with Gasteiger partial charge in [-0.05, 0) is 24.8 Å². The van der Waals surface area contributed by atoms with Gasteiger partial charge < -0.3 is 5.11 Å². The molecule has 1 N–H and O–H groups in total. The Bertz CT molecular complexity index is 323. The Balaban J connectivity index is 2.69.